The zero-order chi connectivity index (χ0) is 18.1. The molecule has 0 aliphatic rings. The normalized spacial score (nSPS) is 2.08. The van der Waals surface area contributed by atoms with E-state index < -0.39 is 41.0 Å². The van der Waals surface area contributed by atoms with E-state index >= 15 is 0 Å². The van der Waals surface area contributed by atoms with Gasteiger partial charge in [-0.2, -0.15) is 0 Å². The number of hydrogen-bond donors (Lipinski definition) is 0. The maximum absolute atomic E-state index is 7.71. The fourth-order valence-electron chi connectivity index (χ4n) is 0. The molecule has 0 aromatic carbocycles. The topological polar surface area (TPSA) is 66.9 Å². The molecule has 0 fully saturated rings. The summed E-state index contributed by atoms with van der Waals surface area (Å²) < 4.78 is 23.1. The first-order valence-corrected chi connectivity index (χ1v) is 92.7. The predicted molar refractivity (Wildman–Crippen MR) is 202 cm³/mol. The molecule has 0 unspecified atom stereocenters. The summed E-state index contributed by atoms with van der Waals surface area (Å²) in [6, 6.07) is 0. The Kier molecular flexibility index (Phi) is 633. The van der Waals surface area contributed by atoms with Crippen LogP contribution in [0.15, 0.2) is 0 Å². The van der Waals surface area contributed by atoms with Gasteiger partial charge in [0.15, 0.2) is 0 Å². The van der Waals surface area contributed by atoms with Crippen LogP contribution in [-0.4, -0.2) is 116 Å². The van der Waals surface area contributed by atoms with E-state index in [1.165, 1.54) is 0 Å². The van der Waals surface area contributed by atoms with Crippen LogP contribution in [-0.2, 0) is 0 Å². The van der Waals surface area contributed by atoms with E-state index in [2.05, 4.69) is 98.4 Å². The molecule has 141 valence electrons. The molecule has 0 atom stereocenters. The monoisotopic (exact) mass is 2350 g/mol. The second-order valence-electron chi connectivity index (χ2n) is 0.293. The summed E-state index contributed by atoms with van der Waals surface area (Å²) in [7, 11) is 0. The molecular formula is C3H22Ac3Ga8I8N3-3. The zero-order valence-corrected chi connectivity index (χ0v) is 72.6. The van der Waals surface area contributed by atoms with Crippen molar-refractivity contribution in [1.29, 1.82) is 0 Å². The molecule has 0 aromatic rings. The van der Waals surface area contributed by atoms with E-state index in [-0.39, 0.29) is 154 Å². The minimum absolute atomic E-state index is 0. The fraction of sp³-hybridized carbons (Fsp3) is 1.00. The third-order valence-corrected chi connectivity index (χ3v) is 0. The summed E-state index contributed by atoms with van der Waals surface area (Å²) in [5.74, 6) is 0. The van der Waals surface area contributed by atoms with Crippen LogP contribution in [0.1, 0.15) is 22.3 Å². The molecular weight excluding hydrogens is 2330 g/mol. The van der Waals surface area contributed by atoms with Crippen molar-refractivity contribution < 1.29 is 132 Å². The van der Waals surface area contributed by atoms with Crippen LogP contribution in [0.25, 0.3) is 12.2 Å². The molecule has 0 rings (SSSR count). The van der Waals surface area contributed by atoms with Gasteiger partial charge < -0.3 is 0 Å². The summed E-state index contributed by atoms with van der Waals surface area (Å²) >= 11 is 20.7. The van der Waals surface area contributed by atoms with Crippen molar-refractivity contribution in [2.45, 2.75) is 22.3 Å². The van der Waals surface area contributed by atoms with E-state index in [1.807, 2.05) is 59.0 Å². The molecule has 0 saturated heterocycles. The molecule has 0 aliphatic carbocycles. The second kappa shape index (κ2) is 176. The summed E-state index contributed by atoms with van der Waals surface area (Å²) in [5.41, 5.74) is 0. The van der Waals surface area contributed by atoms with Gasteiger partial charge in [0.25, 0.3) is 0 Å². The molecule has 25 heavy (non-hydrogen) atoms. The van der Waals surface area contributed by atoms with Gasteiger partial charge in [0.2, 0.25) is 0 Å². The van der Waals surface area contributed by atoms with Crippen molar-refractivity contribution in [3.63, 3.8) is 0 Å². The molecule has 0 N–H and O–H groups in total. The number of rotatable bonds is 0. The molecule has 3 radical (unpaired) electrons. The maximum atomic E-state index is 7.71. The Hall–Kier alpha value is 14.7. The molecule has 0 saturated carbocycles. The van der Waals surface area contributed by atoms with Crippen molar-refractivity contribution >= 4 is 274 Å². The van der Waals surface area contributed by atoms with Gasteiger partial charge in [-0.25, -0.2) is 0 Å². The van der Waals surface area contributed by atoms with Crippen LogP contribution in [0.2, 0.25) is 0 Å². The predicted octanol–water partition coefficient (Wildman–Crippen LogP) is 4.14. The molecule has 0 amide bonds. The zero-order valence-electron chi connectivity index (χ0n) is 12.8. The summed E-state index contributed by atoms with van der Waals surface area (Å²) in [4.78, 5) is 0. The van der Waals surface area contributed by atoms with E-state index in [1.54, 1.807) is 0 Å². The molecule has 0 heterocycles. The average molecular weight is 2350 g/mol. The molecule has 0 aliphatic heterocycles. The van der Waals surface area contributed by atoms with Crippen molar-refractivity contribution in [2.24, 2.45) is 0 Å². The Morgan fingerprint density at radius 3 is 0.400 bits per heavy atom. The van der Waals surface area contributed by atoms with E-state index in [9.17, 15) is 0 Å². The first kappa shape index (κ1) is 90.0. The van der Waals surface area contributed by atoms with Gasteiger partial charge in [-0.3, -0.25) is 0 Å². The van der Waals surface area contributed by atoms with E-state index in [4.69, 9.17) is 12.2 Å². The van der Waals surface area contributed by atoms with Crippen LogP contribution in [0, 0.1) is 132 Å². The Balaban J connectivity index is -0.00000000449. The number of nitrogens with zero attached hydrogens (tertiary/aromatic N) is 3. The van der Waals surface area contributed by atoms with Crippen LogP contribution in [0.3, 0.4) is 0 Å². The van der Waals surface area contributed by atoms with Crippen LogP contribution < -0.4 is 0 Å². The summed E-state index contributed by atoms with van der Waals surface area (Å²) in [6.07, 6.45) is 0. The molecule has 3 nitrogen and oxygen atoms in total. The van der Waals surface area contributed by atoms with Crippen molar-refractivity contribution in [1.82, 2.24) is 0 Å². The Labute approximate surface area is 424 Å². The van der Waals surface area contributed by atoms with Gasteiger partial charge in [0.1, 0.15) is 0 Å². The van der Waals surface area contributed by atoms with Gasteiger partial charge in [0, 0.05) is 132 Å². The first-order chi connectivity index (χ1) is 9.24. The van der Waals surface area contributed by atoms with Crippen LogP contribution in [0.4, 0.5) is 0 Å². The third-order valence-electron chi connectivity index (χ3n) is 0. The van der Waals surface area contributed by atoms with Crippen LogP contribution >= 0.6 is 157 Å². The SMILES string of the molecule is C.C.C.[Ac].[Ac].[Ac].[GaH2][I].[GaH2][I].[GaH2][I].[GaH2][I].[GaH2][I].[N-]=[Ga][I].[N-]=[Ga][I].[N-]=[Ga][I]. The van der Waals surface area contributed by atoms with Gasteiger partial charge in [-0.1, -0.05) is 22.3 Å². The summed E-state index contributed by atoms with van der Waals surface area (Å²) in [6.45, 7) is 0. The van der Waals surface area contributed by atoms with Gasteiger partial charge >= 0.3 is 286 Å². The Bertz CT molecular complexity index is 90.6. The van der Waals surface area contributed by atoms with Crippen molar-refractivity contribution in [2.75, 3.05) is 0 Å². The first-order valence-electron chi connectivity index (χ1n) is 3.32. The van der Waals surface area contributed by atoms with Crippen molar-refractivity contribution in [3.05, 3.63) is 12.2 Å². The second-order valence-corrected chi connectivity index (χ2v) is 10.2. The van der Waals surface area contributed by atoms with Gasteiger partial charge in [-0.05, 0) is 0 Å². The van der Waals surface area contributed by atoms with Gasteiger partial charge in [0.05, 0.1) is 0 Å². The Morgan fingerprint density at radius 1 is 0.400 bits per heavy atom. The standard InChI is InChI=1S/3CH4.3Ac.8Ga.8HI.3N.10H/h3*1H4;;;;;;;;;;;;8*1H;;;;;;;;;;;;;/q;;;;;;8*+1;;;;;;;;;3*-1;;;;;;;;;;/p-8. The fourth-order valence-corrected chi connectivity index (χ4v) is 0. The molecule has 0 aromatic heterocycles. The average Bonchev–Trinajstić information content (AvgIpc) is 2.51. The van der Waals surface area contributed by atoms with Gasteiger partial charge in [-0.15, -0.1) is 0 Å². The number of halogens is 8. The molecule has 0 bridgehead atoms. The van der Waals surface area contributed by atoms with E-state index in [0.29, 0.717) is 0 Å². The Morgan fingerprint density at radius 2 is 0.400 bits per heavy atom. The summed E-state index contributed by atoms with van der Waals surface area (Å²) in [5, 5.41) is 0. The van der Waals surface area contributed by atoms with Crippen LogP contribution in [0.5, 0.6) is 0 Å². The van der Waals surface area contributed by atoms with E-state index in [0.717, 1.165) is 75.3 Å². The van der Waals surface area contributed by atoms with Crippen molar-refractivity contribution in [3.8, 4) is 0 Å². The quantitative estimate of drug-likeness (QED) is 0.259. The minimum atomic E-state index is -0.718. The molecule has 0 spiro atoms. The third kappa shape index (κ3) is 242. The number of hydrogen-bond acceptors (Lipinski definition) is 0. The molecule has 22 heteroatoms.